The average molecular weight is 396 g/mol. The number of hydrogen-bond donors (Lipinski definition) is 0. The van der Waals surface area contributed by atoms with Crippen LogP contribution in [-0.2, 0) is 29.1 Å². The van der Waals surface area contributed by atoms with Crippen molar-refractivity contribution in [2.24, 2.45) is 0 Å². The Hall–Kier alpha value is -2.77. The Kier molecular flexibility index (Phi) is 5.60. The van der Waals surface area contributed by atoms with Crippen LogP contribution in [0.5, 0.6) is 0 Å². The number of likely N-dealkylation sites (tertiary alicyclic amines) is 1. The largest absolute Gasteiger partial charge is 0.338 e. The van der Waals surface area contributed by atoms with Gasteiger partial charge in [0.15, 0.2) is 5.82 Å². The van der Waals surface area contributed by atoms with E-state index in [9.17, 15) is 9.59 Å². The van der Waals surface area contributed by atoms with Gasteiger partial charge in [-0.3, -0.25) is 14.3 Å². The third-order valence-corrected chi connectivity index (χ3v) is 5.84. The van der Waals surface area contributed by atoms with E-state index in [0.717, 1.165) is 54.9 Å². The monoisotopic (exact) mass is 396 g/mol. The molecule has 0 spiro atoms. The molecule has 8 heteroatoms. The molecule has 0 saturated carbocycles. The quantitative estimate of drug-likeness (QED) is 0.790. The predicted octanol–water partition coefficient (Wildman–Crippen LogP) is 2.03. The van der Waals surface area contributed by atoms with Gasteiger partial charge in [-0.2, -0.15) is 5.10 Å². The fourth-order valence-electron chi connectivity index (χ4n) is 4.20. The molecule has 0 aromatic carbocycles. The number of nitrogens with zero attached hydrogens (tertiary/aromatic N) is 6. The van der Waals surface area contributed by atoms with Crippen LogP contribution in [0.15, 0.2) is 18.6 Å². The fraction of sp³-hybridized carbons (Fsp3) is 0.571. The number of aryl methyl sites for hydroxylation is 2. The van der Waals surface area contributed by atoms with Crippen molar-refractivity contribution in [3.8, 4) is 0 Å². The molecule has 0 unspecified atom stereocenters. The van der Waals surface area contributed by atoms with Crippen molar-refractivity contribution in [3.05, 3.63) is 41.2 Å². The zero-order chi connectivity index (χ0) is 20.4. The number of piperidine rings is 1. The molecule has 2 aliphatic rings. The van der Waals surface area contributed by atoms with Gasteiger partial charge in [-0.05, 0) is 31.7 Å². The molecule has 1 fully saturated rings. The van der Waals surface area contributed by atoms with Gasteiger partial charge in [-0.15, -0.1) is 0 Å². The van der Waals surface area contributed by atoms with E-state index in [4.69, 9.17) is 4.98 Å². The number of aromatic nitrogens is 4. The summed E-state index contributed by atoms with van der Waals surface area (Å²) < 4.78 is 1.82. The summed E-state index contributed by atoms with van der Waals surface area (Å²) in [5.74, 6) is 0.950. The molecule has 2 aliphatic heterocycles. The molecule has 0 radical (unpaired) electrons. The number of fused-ring (bicyclic) bond motifs is 1. The number of hydrogen-bond acceptors (Lipinski definition) is 5. The molecule has 0 aliphatic carbocycles. The van der Waals surface area contributed by atoms with Crippen LogP contribution in [0.2, 0.25) is 0 Å². The van der Waals surface area contributed by atoms with Gasteiger partial charge >= 0.3 is 0 Å². The second-order valence-electron chi connectivity index (χ2n) is 8.02. The maximum absolute atomic E-state index is 13.0. The van der Waals surface area contributed by atoms with Crippen LogP contribution in [0.25, 0.3) is 0 Å². The Balaban J connectivity index is 1.47. The molecular formula is C21H28N6O2. The molecule has 154 valence electrons. The van der Waals surface area contributed by atoms with E-state index in [1.165, 1.54) is 0 Å². The molecule has 2 amide bonds. The highest BCUT2D eigenvalue weighted by atomic mass is 16.2. The van der Waals surface area contributed by atoms with E-state index in [-0.39, 0.29) is 17.9 Å². The van der Waals surface area contributed by atoms with E-state index in [0.29, 0.717) is 26.1 Å². The highest BCUT2D eigenvalue weighted by molar-refractivity contribution is 5.76. The van der Waals surface area contributed by atoms with Gasteiger partial charge in [0.2, 0.25) is 11.8 Å². The number of amides is 2. The van der Waals surface area contributed by atoms with Gasteiger partial charge in [0.05, 0.1) is 17.9 Å². The summed E-state index contributed by atoms with van der Waals surface area (Å²) in [6, 6.07) is -0.0632. The maximum atomic E-state index is 13.0. The van der Waals surface area contributed by atoms with E-state index >= 15 is 0 Å². The standard InChI is InChI=1S/C21H28N6O2/c1-15-11-23-26(13-15)10-7-20(29)27-8-4-3-5-19(27)21-22-12-17-14-25(16(2)28)9-6-18(17)24-21/h11-13,19H,3-10,14H2,1-2H3/t19-/m1/s1. The summed E-state index contributed by atoms with van der Waals surface area (Å²) in [4.78, 5) is 37.8. The zero-order valence-electron chi connectivity index (χ0n) is 17.2. The van der Waals surface area contributed by atoms with Crippen LogP contribution in [-0.4, -0.2) is 54.5 Å². The molecule has 0 bridgehead atoms. The Morgan fingerprint density at radius 1 is 1.21 bits per heavy atom. The molecule has 8 nitrogen and oxygen atoms in total. The first-order valence-corrected chi connectivity index (χ1v) is 10.4. The van der Waals surface area contributed by atoms with Gasteiger partial charge in [0.1, 0.15) is 0 Å². The van der Waals surface area contributed by atoms with Gasteiger partial charge in [-0.25, -0.2) is 9.97 Å². The van der Waals surface area contributed by atoms with Crippen molar-refractivity contribution in [1.29, 1.82) is 0 Å². The minimum atomic E-state index is -0.0632. The van der Waals surface area contributed by atoms with Crippen LogP contribution in [0.3, 0.4) is 0 Å². The third kappa shape index (κ3) is 4.31. The lowest BCUT2D eigenvalue weighted by Crippen LogP contribution is -2.40. The van der Waals surface area contributed by atoms with E-state index < -0.39 is 0 Å². The van der Waals surface area contributed by atoms with Gasteiger partial charge < -0.3 is 9.80 Å². The molecule has 1 saturated heterocycles. The summed E-state index contributed by atoms with van der Waals surface area (Å²) in [7, 11) is 0. The van der Waals surface area contributed by atoms with Crippen molar-refractivity contribution in [2.75, 3.05) is 13.1 Å². The Bertz CT molecular complexity index is 908. The van der Waals surface area contributed by atoms with E-state index in [2.05, 4.69) is 10.1 Å². The zero-order valence-corrected chi connectivity index (χ0v) is 17.2. The minimum Gasteiger partial charge on any atom is -0.338 e. The first-order chi connectivity index (χ1) is 14.0. The second-order valence-corrected chi connectivity index (χ2v) is 8.02. The van der Waals surface area contributed by atoms with Crippen molar-refractivity contribution < 1.29 is 9.59 Å². The van der Waals surface area contributed by atoms with Crippen LogP contribution in [0.1, 0.15) is 61.3 Å². The summed E-state index contributed by atoms with van der Waals surface area (Å²) in [6.45, 7) is 6.18. The molecule has 2 aromatic heterocycles. The minimum absolute atomic E-state index is 0.0632. The Morgan fingerprint density at radius 2 is 2.07 bits per heavy atom. The predicted molar refractivity (Wildman–Crippen MR) is 107 cm³/mol. The number of carbonyl (C=O) groups excluding carboxylic acids is 2. The average Bonchev–Trinajstić information content (AvgIpc) is 3.16. The summed E-state index contributed by atoms with van der Waals surface area (Å²) in [5.41, 5.74) is 3.12. The van der Waals surface area contributed by atoms with E-state index in [1.54, 1.807) is 6.92 Å². The molecule has 29 heavy (non-hydrogen) atoms. The van der Waals surface area contributed by atoms with Gasteiger partial charge in [-0.1, -0.05) is 0 Å². The van der Waals surface area contributed by atoms with Crippen molar-refractivity contribution in [3.63, 3.8) is 0 Å². The first kappa shape index (κ1) is 19.5. The van der Waals surface area contributed by atoms with Crippen LogP contribution >= 0.6 is 0 Å². The topological polar surface area (TPSA) is 84.2 Å². The van der Waals surface area contributed by atoms with E-state index in [1.807, 2.05) is 40.0 Å². The van der Waals surface area contributed by atoms with Crippen molar-refractivity contribution in [2.45, 2.75) is 65.1 Å². The highest BCUT2D eigenvalue weighted by Crippen LogP contribution is 2.30. The molecule has 1 atom stereocenters. The maximum Gasteiger partial charge on any atom is 0.225 e. The van der Waals surface area contributed by atoms with Gasteiger partial charge in [0, 0.05) is 63.9 Å². The molecule has 4 heterocycles. The van der Waals surface area contributed by atoms with Crippen LogP contribution < -0.4 is 0 Å². The number of rotatable bonds is 4. The molecular weight excluding hydrogens is 368 g/mol. The summed E-state index contributed by atoms with van der Waals surface area (Å²) in [6.07, 6.45) is 9.76. The van der Waals surface area contributed by atoms with Crippen molar-refractivity contribution >= 4 is 11.8 Å². The lowest BCUT2D eigenvalue weighted by Gasteiger charge is -2.35. The Labute approximate surface area is 170 Å². The lowest BCUT2D eigenvalue weighted by atomic mass is 10.00. The first-order valence-electron chi connectivity index (χ1n) is 10.4. The Morgan fingerprint density at radius 3 is 2.83 bits per heavy atom. The highest BCUT2D eigenvalue weighted by Gasteiger charge is 2.31. The van der Waals surface area contributed by atoms with Crippen LogP contribution in [0, 0.1) is 6.92 Å². The molecule has 2 aromatic rings. The molecule has 4 rings (SSSR count). The summed E-state index contributed by atoms with van der Waals surface area (Å²) >= 11 is 0. The lowest BCUT2D eigenvalue weighted by molar-refractivity contribution is -0.135. The smallest absolute Gasteiger partial charge is 0.225 e. The SMILES string of the molecule is CC(=O)N1CCc2nc([C@H]3CCCCN3C(=O)CCn3cc(C)cn3)ncc2C1. The summed E-state index contributed by atoms with van der Waals surface area (Å²) in [5, 5.41) is 4.27. The fourth-order valence-corrected chi connectivity index (χ4v) is 4.20. The van der Waals surface area contributed by atoms with Gasteiger partial charge in [0.25, 0.3) is 0 Å². The van der Waals surface area contributed by atoms with Crippen LogP contribution in [0.4, 0.5) is 0 Å². The third-order valence-electron chi connectivity index (χ3n) is 5.84. The number of carbonyl (C=O) groups is 2. The second kappa shape index (κ2) is 8.31. The normalized spacial score (nSPS) is 19.2. The van der Waals surface area contributed by atoms with Crippen molar-refractivity contribution in [1.82, 2.24) is 29.5 Å². The molecule has 0 N–H and O–H groups in total.